The van der Waals surface area contributed by atoms with Crippen molar-refractivity contribution in [2.45, 2.75) is 25.5 Å². The van der Waals surface area contributed by atoms with Crippen molar-refractivity contribution in [3.63, 3.8) is 0 Å². The van der Waals surface area contributed by atoms with Gasteiger partial charge in [0.05, 0.1) is 23.3 Å². The largest absolute Gasteiger partial charge is 0.377 e. The molecule has 1 aromatic rings. The van der Waals surface area contributed by atoms with Crippen molar-refractivity contribution in [2.75, 3.05) is 24.7 Å². The molecule has 1 aliphatic heterocycles. The Kier molecular flexibility index (Phi) is 5.30. The van der Waals surface area contributed by atoms with Crippen LogP contribution in [0.5, 0.6) is 0 Å². The Morgan fingerprint density at radius 2 is 2.32 bits per heavy atom. The lowest BCUT2D eigenvalue weighted by atomic mass is 10.3. The lowest BCUT2D eigenvalue weighted by Crippen LogP contribution is -2.28. The standard InChI is InChI=1S/C13H20N2O3S/c16-19(17,11-13-5-3-8-18-13)9-7-14-10-12-4-1-2-6-15-12/h1-2,4,6,13-14H,3,5,7-11H2. The Morgan fingerprint density at radius 3 is 3.00 bits per heavy atom. The van der Waals surface area contributed by atoms with Gasteiger partial charge in [-0.1, -0.05) is 6.07 Å². The molecular weight excluding hydrogens is 264 g/mol. The van der Waals surface area contributed by atoms with Crippen molar-refractivity contribution in [3.8, 4) is 0 Å². The van der Waals surface area contributed by atoms with E-state index in [4.69, 9.17) is 4.74 Å². The van der Waals surface area contributed by atoms with Gasteiger partial charge in [-0.3, -0.25) is 4.98 Å². The second-order valence-corrected chi connectivity index (χ2v) is 6.98. The summed E-state index contributed by atoms with van der Waals surface area (Å²) in [6.07, 6.45) is 3.46. The van der Waals surface area contributed by atoms with Gasteiger partial charge in [-0.15, -0.1) is 0 Å². The number of hydrogen-bond donors (Lipinski definition) is 1. The molecule has 1 aliphatic rings. The molecule has 1 unspecified atom stereocenters. The van der Waals surface area contributed by atoms with Crippen LogP contribution < -0.4 is 5.32 Å². The van der Waals surface area contributed by atoms with Crippen LogP contribution in [0.25, 0.3) is 0 Å². The monoisotopic (exact) mass is 284 g/mol. The highest BCUT2D eigenvalue weighted by Gasteiger charge is 2.22. The van der Waals surface area contributed by atoms with Crippen molar-refractivity contribution in [2.24, 2.45) is 0 Å². The third-order valence-electron chi connectivity index (χ3n) is 3.09. The number of sulfone groups is 1. The predicted octanol–water partition coefficient (Wildman–Crippen LogP) is 0.765. The Balaban J connectivity index is 1.66. The van der Waals surface area contributed by atoms with Crippen LogP contribution in [-0.4, -0.2) is 44.2 Å². The Bertz CT molecular complexity index is 470. The summed E-state index contributed by atoms with van der Waals surface area (Å²) in [5.74, 6) is 0.304. The fraction of sp³-hybridized carbons (Fsp3) is 0.615. The molecular formula is C13H20N2O3S. The Morgan fingerprint density at radius 1 is 1.42 bits per heavy atom. The minimum absolute atomic E-state index is 0.0965. The zero-order valence-electron chi connectivity index (χ0n) is 10.9. The smallest absolute Gasteiger partial charge is 0.154 e. The van der Waals surface area contributed by atoms with E-state index in [0.29, 0.717) is 19.7 Å². The van der Waals surface area contributed by atoms with E-state index >= 15 is 0 Å². The number of aromatic nitrogens is 1. The third-order valence-corrected chi connectivity index (χ3v) is 4.79. The van der Waals surface area contributed by atoms with Crippen molar-refractivity contribution in [1.29, 1.82) is 0 Å². The van der Waals surface area contributed by atoms with Crippen LogP contribution in [-0.2, 0) is 21.1 Å². The van der Waals surface area contributed by atoms with E-state index in [1.54, 1.807) is 6.20 Å². The average molecular weight is 284 g/mol. The van der Waals surface area contributed by atoms with Crippen molar-refractivity contribution >= 4 is 9.84 Å². The lowest BCUT2D eigenvalue weighted by molar-refractivity contribution is 0.127. The van der Waals surface area contributed by atoms with Crippen LogP contribution in [0.3, 0.4) is 0 Å². The lowest BCUT2D eigenvalue weighted by Gasteiger charge is -2.10. The van der Waals surface area contributed by atoms with Crippen LogP contribution in [0, 0.1) is 0 Å². The van der Waals surface area contributed by atoms with E-state index in [9.17, 15) is 8.42 Å². The number of hydrogen-bond acceptors (Lipinski definition) is 5. The molecule has 0 saturated carbocycles. The van der Waals surface area contributed by atoms with E-state index in [1.165, 1.54) is 0 Å². The zero-order valence-corrected chi connectivity index (χ0v) is 11.7. The van der Waals surface area contributed by atoms with Crippen LogP contribution in [0.2, 0.25) is 0 Å². The van der Waals surface area contributed by atoms with Crippen molar-refractivity contribution in [1.82, 2.24) is 10.3 Å². The second-order valence-electron chi connectivity index (χ2n) is 4.75. The molecule has 2 rings (SSSR count). The molecule has 0 radical (unpaired) electrons. The first kappa shape index (κ1) is 14.4. The van der Waals surface area contributed by atoms with Gasteiger partial charge in [-0.05, 0) is 25.0 Å². The molecule has 0 aliphatic carbocycles. The van der Waals surface area contributed by atoms with E-state index < -0.39 is 9.84 Å². The Hall–Kier alpha value is -0.980. The highest BCUT2D eigenvalue weighted by Crippen LogP contribution is 2.14. The Labute approximate surface area is 114 Å². The SMILES string of the molecule is O=S(=O)(CCNCc1ccccn1)CC1CCCO1. The molecule has 0 bridgehead atoms. The molecule has 1 fully saturated rings. The summed E-state index contributed by atoms with van der Waals surface area (Å²) in [6, 6.07) is 5.68. The molecule has 1 atom stereocenters. The summed E-state index contributed by atoms with van der Waals surface area (Å²) in [4.78, 5) is 4.16. The van der Waals surface area contributed by atoms with E-state index in [1.807, 2.05) is 18.2 Å². The topological polar surface area (TPSA) is 68.3 Å². The first-order valence-electron chi connectivity index (χ1n) is 6.58. The summed E-state index contributed by atoms with van der Waals surface area (Å²) in [6.45, 7) is 1.74. The van der Waals surface area contributed by atoms with Gasteiger partial charge in [-0.2, -0.15) is 0 Å². The molecule has 1 N–H and O–H groups in total. The minimum Gasteiger partial charge on any atom is -0.377 e. The number of ether oxygens (including phenoxy) is 1. The first-order valence-corrected chi connectivity index (χ1v) is 8.40. The fourth-order valence-corrected chi connectivity index (χ4v) is 3.54. The number of nitrogens with zero attached hydrogens (tertiary/aromatic N) is 1. The summed E-state index contributed by atoms with van der Waals surface area (Å²) in [5, 5.41) is 3.10. The average Bonchev–Trinajstić information content (AvgIpc) is 2.88. The van der Waals surface area contributed by atoms with Crippen LogP contribution in [0.4, 0.5) is 0 Å². The highest BCUT2D eigenvalue weighted by molar-refractivity contribution is 7.91. The molecule has 106 valence electrons. The minimum atomic E-state index is -3.03. The number of nitrogens with one attached hydrogen (secondary N) is 1. The normalized spacial score (nSPS) is 19.7. The predicted molar refractivity (Wildman–Crippen MR) is 73.6 cm³/mol. The van der Waals surface area contributed by atoms with Gasteiger partial charge in [0.15, 0.2) is 9.84 Å². The summed E-state index contributed by atoms with van der Waals surface area (Å²) < 4.78 is 29.1. The maximum absolute atomic E-state index is 11.9. The molecule has 6 heteroatoms. The quantitative estimate of drug-likeness (QED) is 0.749. The molecule has 19 heavy (non-hydrogen) atoms. The summed E-state index contributed by atoms with van der Waals surface area (Å²) >= 11 is 0. The van der Waals surface area contributed by atoms with Crippen molar-refractivity contribution < 1.29 is 13.2 Å². The van der Waals surface area contributed by atoms with Crippen LogP contribution >= 0.6 is 0 Å². The second kappa shape index (κ2) is 6.98. The number of pyridine rings is 1. The fourth-order valence-electron chi connectivity index (χ4n) is 2.09. The molecule has 0 spiro atoms. The maximum atomic E-state index is 11.9. The van der Waals surface area contributed by atoms with Gasteiger partial charge in [0.1, 0.15) is 0 Å². The zero-order chi connectivity index (χ0) is 13.6. The first-order chi connectivity index (χ1) is 9.16. The molecule has 1 saturated heterocycles. The summed E-state index contributed by atoms with van der Waals surface area (Å²) in [5.41, 5.74) is 0.916. The van der Waals surface area contributed by atoms with Gasteiger partial charge < -0.3 is 10.1 Å². The molecule has 0 amide bonds. The van der Waals surface area contributed by atoms with Crippen LogP contribution in [0.15, 0.2) is 24.4 Å². The number of rotatable bonds is 7. The van der Waals surface area contributed by atoms with E-state index in [-0.39, 0.29) is 17.6 Å². The molecule has 0 aromatic carbocycles. The van der Waals surface area contributed by atoms with E-state index in [2.05, 4.69) is 10.3 Å². The van der Waals surface area contributed by atoms with Crippen LogP contribution in [0.1, 0.15) is 18.5 Å². The third kappa shape index (κ3) is 5.26. The molecule has 2 heterocycles. The molecule has 5 nitrogen and oxygen atoms in total. The van der Waals surface area contributed by atoms with Gasteiger partial charge >= 0.3 is 0 Å². The summed E-state index contributed by atoms with van der Waals surface area (Å²) in [7, 11) is -3.03. The van der Waals surface area contributed by atoms with Crippen molar-refractivity contribution in [3.05, 3.63) is 30.1 Å². The highest BCUT2D eigenvalue weighted by atomic mass is 32.2. The van der Waals surface area contributed by atoms with Gasteiger partial charge in [0, 0.05) is 25.9 Å². The molecule has 1 aromatic heterocycles. The maximum Gasteiger partial charge on any atom is 0.154 e. The van der Waals surface area contributed by atoms with Gasteiger partial charge in [0.25, 0.3) is 0 Å². The van der Waals surface area contributed by atoms with Gasteiger partial charge in [-0.25, -0.2) is 8.42 Å². The van der Waals surface area contributed by atoms with Gasteiger partial charge in [0.2, 0.25) is 0 Å². The van der Waals surface area contributed by atoms with E-state index in [0.717, 1.165) is 18.5 Å².